The lowest BCUT2D eigenvalue weighted by Crippen LogP contribution is -2.11. The van der Waals surface area contributed by atoms with Crippen LogP contribution in [0.5, 0.6) is 0 Å². The highest BCUT2D eigenvalue weighted by atomic mass is 16.6. The highest BCUT2D eigenvalue weighted by Gasteiger charge is 2.24. The minimum atomic E-state index is -1.07. The van der Waals surface area contributed by atoms with Gasteiger partial charge in [-0.05, 0) is 41.0 Å². The molecule has 0 amide bonds. The molecule has 2 heterocycles. The van der Waals surface area contributed by atoms with E-state index in [0.717, 1.165) is 22.3 Å². The van der Waals surface area contributed by atoms with Crippen molar-refractivity contribution in [2.45, 2.75) is 6.29 Å². The number of aliphatic hydroxyl groups excluding tert-OH is 1. The summed E-state index contributed by atoms with van der Waals surface area (Å²) in [5.74, 6) is 0.419. The molecule has 1 aliphatic heterocycles. The zero-order valence-corrected chi connectivity index (χ0v) is 13.4. The Bertz CT molecular complexity index is 917. The molecule has 1 atom stereocenters. The summed E-state index contributed by atoms with van der Waals surface area (Å²) in [5.41, 5.74) is 4.43. The predicted octanol–water partition coefficient (Wildman–Crippen LogP) is 3.88. The van der Waals surface area contributed by atoms with Crippen molar-refractivity contribution in [3.8, 4) is 11.1 Å². The van der Waals surface area contributed by atoms with Gasteiger partial charge in [-0.25, -0.2) is 4.99 Å². The lowest BCUT2D eigenvalue weighted by atomic mass is 10.0. The summed E-state index contributed by atoms with van der Waals surface area (Å²) in [4.78, 5) is 8.47. The first-order valence-electron chi connectivity index (χ1n) is 8.00. The van der Waals surface area contributed by atoms with Gasteiger partial charge in [0.1, 0.15) is 5.70 Å². The summed E-state index contributed by atoms with van der Waals surface area (Å²) < 4.78 is 5.49. The number of rotatable bonds is 3. The smallest absolute Gasteiger partial charge is 0.243 e. The van der Waals surface area contributed by atoms with Crippen LogP contribution in [0.2, 0.25) is 0 Å². The van der Waals surface area contributed by atoms with E-state index >= 15 is 0 Å². The Balaban J connectivity index is 1.60. The number of nitrogens with zero attached hydrogens (tertiary/aromatic N) is 2. The van der Waals surface area contributed by atoms with Gasteiger partial charge in [-0.15, -0.1) is 0 Å². The first-order valence-corrected chi connectivity index (χ1v) is 8.00. The minimum absolute atomic E-state index is 0.419. The van der Waals surface area contributed by atoms with Crippen molar-refractivity contribution in [1.82, 2.24) is 4.98 Å². The van der Waals surface area contributed by atoms with Crippen LogP contribution in [0.1, 0.15) is 11.1 Å². The van der Waals surface area contributed by atoms with Crippen LogP contribution in [-0.2, 0) is 4.74 Å². The number of hydrogen-bond acceptors (Lipinski definition) is 4. The largest absolute Gasteiger partial charge is 0.441 e. The Morgan fingerprint density at radius 3 is 2.28 bits per heavy atom. The van der Waals surface area contributed by atoms with Crippen molar-refractivity contribution in [2.75, 3.05) is 0 Å². The molecule has 0 saturated carbocycles. The third-order valence-corrected chi connectivity index (χ3v) is 3.94. The Labute approximate surface area is 145 Å². The fourth-order valence-electron chi connectivity index (χ4n) is 2.67. The summed E-state index contributed by atoms with van der Waals surface area (Å²) in [6, 6.07) is 21.8. The summed E-state index contributed by atoms with van der Waals surface area (Å²) in [7, 11) is 0. The van der Waals surface area contributed by atoms with Crippen LogP contribution in [0.3, 0.4) is 0 Å². The van der Waals surface area contributed by atoms with E-state index in [1.54, 1.807) is 18.5 Å². The highest BCUT2D eigenvalue weighted by Crippen LogP contribution is 2.24. The van der Waals surface area contributed by atoms with Gasteiger partial charge in [0.2, 0.25) is 12.2 Å². The molecular formula is C21H16N2O2. The number of aromatic nitrogens is 1. The number of hydrogen-bond donors (Lipinski definition) is 1. The number of aliphatic hydroxyl groups is 1. The van der Waals surface area contributed by atoms with Crippen molar-refractivity contribution in [3.05, 3.63) is 95.9 Å². The second kappa shape index (κ2) is 6.71. The zero-order chi connectivity index (χ0) is 17.1. The van der Waals surface area contributed by atoms with Crippen molar-refractivity contribution in [2.24, 2.45) is 4.99 Å². The number of ether oxygens (including phenoxy) is 1. The average Bonchev–Trinajstić information content (AvgIpc) is 3.04. The minimum Gasteiger partial charge on any atom is -0.441 e. The quantitative estimate of drug-likeness (QED) is 0.794. The summed E-state index contributed by atoms with van der Waals surface area (Å²) in [6.07, 6.45) is 4.11. The van der Waals surface area contributed by atoms with Gasteiger partial charge >= 0.3 is 0 Å². The summed E-state index contributed by atoms with van der Waals surface area (Å²) in [5, 5.41) is 10.1. The van der Waals surface area contributed by atoms with Gasteiger partial charge in [-0.1, -0.05) is 48.5 Å². The van der Waals surface area contributed by atoms with E-state index < -0.39 is 6.29 Å². The van der Waals surface area contributed by atoms with E-state index in [2.05, 4.69) is 22.1 Å². The molecule has 0 fully saturated rings. The maximum absolute atomic E-state index is 10.1. The molecule has 122 valence electrons. The molecule has 1 N–H and O–H groups in total. The molecular weight excluding hydrogens is 312 g/mol. The molecule has 4 heteroatoms. The molecule has 1 aromatic heterocycles. The monoisotopic (exact) mass is 328 g/mol. The SMILES string of the molecule is OC1OC(c2ccc(-c3ccccc3)cc2)=N/C1=C/c1cccnc1. The Hall–Kier alpha value is -3.24. The molecule has 25 heavy (non-hydrogen) atoms. The normalized spacial score (nSPS) is 18.0. The Kier molecular flexibility index (Phi) is 4.11. The first kappa shape index (κ1) is 15.3. The first-order chi connectivity index (χ1) is 12.3. The van der Waals surface area contributed by atoms with E-state index in [1.165, 1.54) is 0 Å². The lowest BCUT2D eigenvalue weighted by molar-refractivity contribution is 0.0178. The van der Waals surface area contributed by atoms with E-state index in [-0.39, 0.29) is 0 Å². The van der Waals surface area contributed by atoms with E-state index in [9.17, 15) is 5.11 Å². The van der Waals surface area contributed by atoms with Crippen molar-refractivity contribution >= 4 is 12.0 Å². The van der Waals surface area contributed by atoms with Crippen LogP contribution in [0.15, 0.2) is 89.8 Å². The van der Waals surface area contributed by atoms with Gasteiger partial charge in [0.05, 0.1) is 0 Å². The average molecular weight is 328 g/mol. The van der Waals surface area contributed by atoms with Crippen LogP contribution >= 0.6 is 0 Å². The standard InChI is InChI=1S/C21H16N2O2/c24-21-19(13-15-5-4-12-22-14-15)23-20(25-21)18-10-8-17(9-11-18)16-6-2-1-3-7-16/h1-14,21,24H/b19-13+. The fourth-order valence-corrected chi connectivity index (χ4v) is 2.67. The number of aliphatic imine (C=N–C) groups is 1. The van der Waals surface area contributed by atoms with E-state index in [4.69, 9.17) is 4.74 Å². The van der Waals surface area contributed by atoms with Crippen LogP contribution < -0.4 is 0 Å². The molecule has 3 aromatic rings. The molecule has 0 aliphatic carbocycles. The molecule has 0 saturated heterocycles. The second-order valence-corrected chi connectivity index (χ2v) is 5.69. The third kappa shape index (κ3) is 3.34. The van der Waals surface area contributed by atoms with Gasteiger partial charge in [0, 0.05) is 18.0 Å². The fraction of sp³-hybridized carbons (Fsp3) is 0.0476. The van der Waals surface area contributed by atoms with E-state index in [1.807, 2.05) is 54.6 Å². The van der Waals surface area contributed by atoms with Gasteiger partial charge in [-0.2, -0.15) is 0 Å². The van der Waals surface area contributed by atoms with Crippen molar-refractivity contribution in [3.63, 3.8) is 0 Å². The lowest BCUT2D eigenvalue weighted by Gasteiger charge is -2.06. The molecule has 1 aliphatic rings. The third-order valence-electron chi connectivity index (χ3n) is 3.94. The van der Waals surface area contributed by atoms with Crippen LogP contribution in [0.25, 0.3) is 17.2 Å². The Morgan fingerprint density at radius 1 is 0.840 bits per heavy atom. The molecule has 0 bridgehead atoms. The summed E-state index contributed by atoms with van der Waals surface area (Å²) in [6.45, 7) is 0. The zero-order valence-electron chi connectivity index (χ0n) is 13.4. The number of benzene rings is 2. The molecule has 4 nitrogen and oxygen atoms in total. The van der Waals surface area contributed by atoms with Crippen molar-refractivity contribution in [1.29, 1.82) is 0 Å². The summed E-state index contributed by atoms with van der Waals surface area (Å²) >= 11 is 0. The maximum atomic E-state index is 10.1. The van der Waals surface area contributed by atoms with Gasteiger partial charge < -0.3 is 9.84 Å². The maximum Gasteiger partial charge on any atom is 0.243 e. The van der Waals surface area contributed by atoms with Gasteiger partial charge in [0.25, 0.3) is 0 Å². The topological polar surface area (TPSA) is 54.7 Å². The highest BCUT2D eigenvalue weighted by molar-refractivity contribution is 5.97. The predicted molar refractivity (Wildman–Crippen MR) is 97.7 cm³/mol. The van der Waals surface area contributed by atoms with Gasteiger partial charge in [0.15, 0.2) is 0 Å². The molecule has 0 spiro atoms. The van der Waals surface area contributed by atoms with E-state index in [0.29, 0.717) is 11.6 Å². The van der Waals surface area contributed by atoms with Crippen LogP contribution in [0.4, 0.5) is 0 Å². The molecule has 2 aromatic carbocycles. The van der Waals surface area contributed by atoms with Gasteiger partial charge in [-0.3, -0.25) is 4.98 Å². The molecule has 4 rings (SSSR count). The van der Waals surface area contributed by atoms with Crippen LogP contribution in [0, 0.1) is 0 Å². The van der Waals surface area contributed by atoms with Crippen LogP contribution in [-0.4, -0.2) is 22.3 Å². The molecule has 1 unspecified atom stereocenters. The molecule has 0 radical (unpaired) electrons. The Morgan fingerprint density at radius 2 is 1.56 bits per heavy atom. The second-order valence-electron chi connectivity index (χ2n) is 5.69. The number of pyridine rings is 1. The van der Waals surface area contributed by atoms with Crippen molar-refractivity contribution < 1.29 is 9.84 Å².